The third-order valence-corrected chi connectivity index (χ3v) is 1.32. The second-order valence-electron chi connectivity index (χ2n) is 2.04. The number of aromatic amines is 1. The summed E-state index contributed by atoms with van der Waals surface area (Å²) in [5.74, 6) is 0.522. The molecule has 3 N–H and O–H groups in total. The van der Waals surface area contributed by atoms with Crippen LogP contribution in [0.1, 0.15) is 0 Å². The molecule has 2 rings (SSSR count). The van der Waals surface area contributed by atoms with Crippen molar-refractivity contribution in [3.05, 3.63) is 18.3 Å². The van der Waals surface area contributed by atoms with Gasteiger partial charge in [0, 0.05) is 0 Å². The molecule has 0 amide bonds. The van der Waals surface area contributed by atoms with Crippen LogP contribution in [0.5, 0.6) is 0 Å². The van der Waals surface area contributed by atoms with Crippen LogP contribution in [0.15, 0.2) is 18.3 Å². The molecule has 0 saturated carbocycles. The normalized spacial score (nSPS) is 10.4. The molecule has 0 bridgehead atoms. The number of nitrogens with one attached hydrogen (secondary N) is 1. The van der Waals surface area contributed by atoms with Crippen LogP contribution in [0.2, 0.25) is 0 Å². The summed E-state index contributed by atoms with van der Waals surface area (Å²) in [6.07, 6.45) is 1.64. The van der Waals surface area contributed by atoms with E-state index in [9.17, 15) is 0 Å². The van der Waals surface area contributed by atoms with Gasteiger partial charge in [0.1, 0.15) is 11.3 Å². The van der Waals surface area contributed by atoms with Crippen molar-refractivity contribution < 1.29 is 0 Å². The van der Waals surface area contributed by atoms with Gasteiger partial charge in [0.2, 0.25) is 0 Å². The fourth-order valence-corrected chi connectivity index (χ4v) is 0.847. The highest BCUT2D eigenvalue weighted by atomic mass is 15.1. The highest BCUT2D eigenvalue weighted by Gasteiger charge is 1.94. The Bertz CT molecular complexity index is 351. The first kappa shape index (κ1) is 5.22. The van der Waals surface area contributed by atoms with Gasteiger partial charge in [-0.25, -0.2) is 4.98 Å². The summed E-state index contributed by atoms with van der Waals surface area (Å²) in [5, 5.41) is 6.58. The van der Waals surface area contributed by atoms with Crippen molar-refractivity contribution in [2.45, 2.75) is 0 Å². The van der Waals surface area contributed by atoms with Gasteiger partial charge in [-0.2, -0.15) is 5.10 Å². The van der Waals surface area contributed by atoms with Gasteiger partial charge in [0.15, 0.2) is 0 Å². The van der Waals surface area contributed by atoms with Gasteiger partial charge in [0.05, 0.1) is 11.7 Å². The number of H-pyrrole nitrogens is 1. The lowest BCUT2D eigenvalue weighted by Gasteiger charge is -1.88. The molecule has 0 unspecified atom stereocenters. The van der Waals surface area contributed by atoms with Gasteiger partial charge < -0.3 is 5.73 Å². The molecule has 0 radical (unpaired) electrons. The third-order valence-electron chi connectivity index (χ3n) is 1.32. The number of hydrogen-bond donors (Lipinski definition) is 2. The molecule has 10 heavy (non-hydrogen) atoms. The van der Waals surface area contributed by atoms with Crippen LogP contribution in [0.4, 0.5) is 5.82 Å². The number of rotatable bonds is 0. The van der Waals surface area contributed by atoms with Crippen LogP contribution in [-0.2, 0) is 0 Å². The lowest BCUT2D eigenvalue weighted by molar-refractivity contribution is 1.12. The highest BCUT2D eigenvalue weighted by Crippen LogP contribution is 2.08. The summed E-state index contributed by atoms with van der Waals surface area (Å²) in [6, 6.07) is 3.59. The number of nitrogen functional groups attached to an aromatic ring is 1. The second kappa shape index (κ2) is 1.70. The quantitative estimate of drug-likeness (QED) is 0.552. The van der Waals surface area contributed by atoms with Gasteiger partial charge in [-0.05, 0) is 12.1 Å². The average Bonchev–Trinajstić information content (AvgIpc) is 2.33. The molecule has 2 aromatic heterocycles. The Kier molecular flexibility index (Phi) is 0.887. The zero-order chi connectivity index (χ0) is 6.97. The van der Waals surface area contributed by atoms with Crippen molar-refractivity contribution in [3.8, 4) is 0 Å². The minimum atomic E-state index is 0.522. The van der Waals surface area contributed by atoms with E-state index >= 15 is 0 Å². The molecule has 4 heteroatoms. The Labute approximate surface area is 57.1 Å². The van der Waals surface area contributed by atoms with Gasteiger partial charge in [-0.1, -0.05) is 0 Å². The first-order valence-electron chi connectivity index (χ1n) is 2.92. The molecule has 2 heterocycles. The summed E-state index contributed by atoms with van der Waals surface area (Å²) in [5.41, 5.74) is 7.15. The molecule has 0 saturated heterocycles. The van der Waals surface area contributed by atoms with E-state index in [1.807, 2.05) is 6.07 Å². The first-order valence-corrected chi connectivity index (χ1v) is 2.92. The standard InChI is InChI=1S/C6H6N4/c7-6-2-1-4-5(9-6)3-8-10-4/h1-3H,(H2,7,9)(H,8,10). The van der Waals surface area contributed by atoms with E-state index in [0.717, 1.165) is 11.0 Å². The Morgan fingerprint density at radius 1 is 1.40 bits per heavy atom. The van der Waals surface area contributed by atoms with E-state index in [1.54, 1.807) is 12.3 Å². The van der Waals surface area contributed by atoms with Crippen LogP contribution in [0, 0.1) is 0 Å². The van der Waals surface area contributed by atoms with E-state index in [1.165, 1.54) is 0 Å². The summed E-state index contributed by atoms with van der Waals surface area (Å²) in [7, 11) is 0. The second-order valence-corrected chi connectivity index (χ2v) is 2.04. The maximum atomic E-state index is 5.43. The maximum Gasteiger partial charge on any atom is 0.124 e. The molecule has 2 aromatic rings. The van der Waals surface area contributed by atoms with E-state index < -0.39 is 0 Å². The van der Waals surface area contributed by atoms with Crippen molar-refractivity contribution in [3.63, 3.8) is 0 Å². The lowest BCUT2D eigenvalue weighted by Crippen LogP contribution is -1.87. The van der Waals surface area contributed by atoms with Crippen LogP contribution in [0.3, 0.4) is 0 Å². The minimum absolute atomic E-state index is 0.522. The van der Waals surface area contributed by atoms with Crippen LogP contribution in [-0.4, -0.2) is 15.2 Å². The first-order chi connectivity index (χ1) is 4.86. The number of anilines is 1. The van der Waals surface area contributed by atoms with Crippen molar-refractivity contribution in [1.82, 2.24) is 15.2 Å². The largest absolute Gasteiger partial charge is 0.384 e. The molecule has 0 spiro atoms. The lowest BCUT2D eigenvalue weighted by atomic mass is 10.4. The monoisotopic (exact) mass is 134 g/mol. The van der Waals surface area contributed by atoms with Crippen LogP contribution >= 0.6 is 0 Å². The predicted molar refractivity (Wildman–Crippen MR) is 38.3 cm³/mol. The maximum absolute atomic E-state index is 5.43. The van der Waals surface area contributed by atoms with Crippen LogP contribution in [0.25, 0.3) is 11.0 Å². The van der Waals surface area contributed by atoms with Crippen LogP contribution < -0.4 is 5.73 Å². The Morgan fingerprint density at radius 2 is 2.30 bits per heavy atom. The molecule has 0 fully saturated rings. The van der Waals surface area contributed by atoms with Gasteiger partial charge >= 0.3 is 0 Å². The number of nitrogens with zero attached hydrogens (tertiary/aromatic N) is 2. The van der Waals surface area contributed by atoms with Gasteiger partial charge in [-0.15, -0.1) is 0 Å². The summed E-state index contributed by atoms with van der Waals surface area (Å²) < 4.78 is 0. The van der Waals surface area contributed by atoms with E-state index in [4.69, 9.17) is 5.73 Å². The Hall–Kier alpha value is -1.58. The van der Waals surface area contributed by atoms with Gasteiger partial charge in [0.25, 0.3) is 0 Å². The van der Waals surface area contributed by atoms with Gasteiger partial charge in [-0.3, -0.25) is 5.10 Å². The zero-order valence-electron chi connectivity index (χ0n) is 5.20. The third kappa shape index (κ3) is 0.621. The molecule has 0 atom stereocenters. The molecule has 50 valence electrons. The predicted octanol–water partition coefficient (Wildman–Crippen LogP) is 0.540. The number of fused-ring (bicyclic) bond motifs is 1. The number of nitrogens with two attached hydrogens (primary N) is 1. The molecule has 0 aliphatic heterocycles. The fourth-order valence-electron chi connectivity index (χ4n) is 0.847. The zero-order valence-corrected chi connectivity index (χ0v) is 5.20. The van der Waals surface area contributed by atoms with Crippen molar-refractivity contribution >= 4 is 16.9 Å². The highest BCUT2D eigenvalue weighted by molar-refractivity contribution is 5.74. The minimum Gasteiger partial charge on any atom is -0.384 e. The molecule has 0 aromatic carbocycles. The van der Waals surface area contributed by atoms with Crippen molar-refractivity contribution in [1.29, 1.82) is 0 Å². The van der Waals surface area contributed by atoms with E-state index in [-0.39, 0.29) is 0 Å². The van der Waals surface area contributed by atoms with Crippen molar-refractivity contribution in [2.24, 2.45) is 0 Å². The van der Waals surface area contributed by atoms with E-state index in [2.05, 4.69) is 15.2 Å². The average molecular weight is 134 g/mol. The number of pyridine rings is 1. The number of aromatic nitrogens is 3. The molecular formula is C6H6N4. The molecule has 0 aliphatic rings. The van der Waals surface area contributed by atoms with E-state index in [0.29, 0.717) is 5.82 Å². The molecule has 0 aliphatic carbocycles. The molecule has 4 nitrogen and oxygen atoms in total. The SMILES string of the molecule is Nc1ccc2[nH]ncc2n1. The molecular weight excluding hydrogens is 128 g/mol. The summed E-state index contributed by atoms with van der Waals surface area (Å²) >= 11 is 0. The Morgan fingerprint density at radius 3 is 3.20 bits per heavy atom. The summed E-state index contributed by atoms with van der Waals surface area (Å²) in [4.78, 5) is 4.02. The fraction of sp³-hybridized carbons (Fsp3) is 0. The number of hydrogen-bond acceptors (Lipinski definition) is 3. The summed E-state index contributed by atoms with van der Waals surface area (Å²) in [6.45, 7) is 0. The van der Waals surface area contributed by atoms with Crippen molar-refractivity contribution in [2.75, 3.05) is 5.73 Å². The Balaban J connectivity index is 2.86. The smallest absolute Gasteiger partial charge is 0.124 e. The topological polar surface area (TPSA) is 67.6 Å².